The lowest BCUT2D eigenvalue weighted by Gasteiger charge is -2.09. The predicted octanol–water partition coefficient (Wildman–Crippen LogP) is 2.09. The fourth-order valence-electron chi connectivity index (χ4n) is 1.83. The van der Waals surface area contributed by atoms with Gasteiger partial charge in [-0.2, -0.15) is 0 Å². The zero-order valence-electron chi connectivity index (χ0n) is 11.6. The Hall–Kier alpha value is -2.27. The number of nitrogens with one attached hydrogen (secondary N) is 1. The minimum Gasteiger partial charge on any atom is -0.507 e. The van der Waals surface area contributed by atoms with Crippen LogP contribution in [0.5, 0.6) is 17.4 Å². The molecule has 0 radical (unpaired) electrons. The van der Waals surface area contributed by atoms with E-state index in [0.717, 1.165) is 11.1 Å². The normalized spacial score (nSPS) is 10.3. The number of phenolic OH excluding ortho intramolecular Hbond substituents is 1. The number of rotatable bonds is 6. The van der Waals surface area contributed by atoms with Gasteiger partial charge < -0.3 is 19.9 Å². The van der Waals surface area contributed by atoms with Crippen molar-refractivity contribution in [1.82, 2.24) is 10.3 Å². The molecule has 0 bridgehead atoms. The summed E-state index contributed by atoms with van der Waals surface area (Å²) in [5.74, 6) is 1.46. The summed E-state index contributed by atoms with van der Waals surface area (Å²) in [6.07, 6.45) is 1.71. The van der Waals surface area contributed by atoms with Crippen molar-refractivity contribution in [2.24, 2.45) is 0 Å². The summed E-state index contributed by atoms with van der Waals surface area (Å²) in [5, 5.41) is 13.1. The van der Waals surface area contributed by atoms with Gasteiger partial charge in [0.2, 0.25) is 5.88 Å². The number of hydrogen-bond donors (Lipinski definition) is 2. The molecule has 0 aliphatic rings. The highest BCUT2D eigenvalue weighted by Gasteiger charge is 2.03. The number of aromatic nitrogens is 1. The highest BCUT2D eigenvalue weighted by Crippen LogP contribution is 2.23. The van der Waals surface area contributed by atoms with Crippen molar-refractivity contribution in [3.8, 4) is 17.4 Å². The zero-order valence-corrected chi connectivity index (χ0v) is 11.6. The molecular weight excluding hydrogens is 256 g/mol. The molecule has 2 N–H and O–H groups in total. The first-order valence-corrected chi connectivity index (χ1v) is 6.28. The van der Waals surface area contributed by atoms with E-state index >= 15 is 0 Å². The monoisotopic (exact) mass is 274 g/mol. The fraction of sp³-hybridized carbons (Fsp3) is 0.267. The van der Waals surface area contributed by atoms with Crippen LogP contribution < -0.4 is 14.8 Å². The maximum atomic E-state index is 9.85. The molecule has 2 rings (SSSR count). The van der Waals surface area contributed by atoms with E-state index in [2.05, 4.69) is 10.3 Å². The second-order valence-corrected chi connectivity index (χ2v) is 4.30. The van der Waals surface area contributed by atoms with Crippen molar-refractivity contribution in [2.75, 3.05) is 14.2 Å². The molecule has 0 saturated carbocycles. The lowest BCUT2D eigenvalue weighted by molar-refractivity contribution is 0.397. The van der Waals surface area contributed by atoms with Crippen molar-refractivity contribution in [1.29, 1.82) is 0 Å². The third-order valence-electron chi connectivity index (χ3n) is 2.95. The van der Waals surface area contributed by atoms with Crippen LogP contribution in [0.2, 0.25) is 0 Å². The SMILES string of the molecule is COc1ccc(CNCc2ccnc(OC)c2)c(O)c1. The minimum absolute atomic E-state index is 0.226. The Labute approximate surface area is 118 Å². The van der Waals surface area contributed by atoms with E-state index in [9.17, 15) is 5.11 Å². The third kappa shape index (κ3) is 3.61. The Morgan fingerprint density at radius 2 is 1.95 bits per heavy atom. The number of aromatic hydroxyl groups is 1. The largest absolute Gasteiger partial charge is 0.507 e. The number of benzene rings is 1. The van der Waals surface area contributed by atoms with Crippen molar-refractivity contribution >= 4 is 0 Å². The van der Waals surface area contributed by atoms with Crippen LogP contribution in [0.25, 0.3) is 0 Å². The van der Waals surface area contributed by atoms with Crippen LogP contribution in [0, 0.1) is 0 Å². The number of hydrogen-bond acceptors (Lipinski definition) is 5. The van der Waals surface area contributed by atoms with Crippen LogP contribution >= 0.6 is 0 Å². The van der Waals surface area contributed by atoms with Crippen LogP contribution in [0.1, 0.15) is 11.1 Å². The summed E-state index contributed by atoms with van der Waals surface area (Å²) in [7, 11) is 3.17. The van der Waals surface area contributed by atoms with Crippen LogP contribution in [0.3, 0.4) is 0 Å². The molecule has 0 aliphatic carbocycles. The Morgan fingerprint density at radius 3 is 2.65 bits per heavy atom. The van der Waals surface area contributed by atoms with Crippen molar-refractivity contribution < 1.29 is 14.6 Å². The minimum atomic E-state index is 0.226. The van der Waals surface area contributed by atoms with Crippen LogP contribution in [-0.2, 0) is 13.1 Å². The van der Waals surface area contributed by atoms with Crippen LogP contribution in [0.4, 0.5) is 0 Å². The molecule has 1 aromatic carbocycles. The second kappa shape index (κ2) is 6.77. The second-order valence-electron chi connectivity index (χ2n) is 4.30. The van der Waals surface area contributed by atoms with Crippen LogP contribution in [-0.4, -0.2) is 24.3 Å². The van der Waals surface area contributed by atoms with Gasteiger partial charge in [0.15, 0.2) is 0 Å². The first-order valence-electron chi connectivity index (χ1n) is 6.28. The van der Waals surface area contributed by atoms with Gasteiger partial charge in [-0.3, -0.25) is 0 Å². The van der Waals surface area contributed by atoms with Gasteiger partial charge in [-0.25, -0.2) is 4.98 Å². The molecule has 20 heavy (non-hydrogen) atoms. The average Bonchev–Trinajstić information content (AvgIpc) is 2.49. The van der Waals surface area contributed by atoms with Gasteiger partial charge in [0.1, 0.15) is 11.5 Å². The molecule has 0 saturated heterocycles. The number of methoxy groups -OCH3 is 2. The topological polar surface area (TPSA) is 63.6 Å². The summed E-state index contributed by atoms with van der Waals surface area (Å²) < 4.78 is 10.1. The van der Waals surface area contributed by atoms with Gasteiger partial charge in [0.05, 0.1) is 14.2 Å². The molecule has 1 aromatic heterocycles. The van der Waals surface area contributed by atoms with E-state index in [1.807, 2.05) is 24.3 Å². The van der Waals surface area contributed by atoms with E-state index in [0.29, 0.717) is 24.7 Å². The molecule has 5 nitrogen and oxygen atoms in total. The van der Waals surface area contributed by atoms with Gasteiger partial charge in [0, 0.05) is 37.0 Å². The zero-order chi connectivity index (χ0) is 14.4. The van der Waals surface area contributed by atoms with E-state index < -0.39 is 0 Å². The molecule has 0 atom stereocenters. The summed E-state index contributed by atoms with van der Waals surface area (Å²) in [4.78, 5) is 4.05. The molecule has 2 aromatic rings. The average molecular weight is 274 g/mol. The van der Waals surface area contributed by atoms with Gasteiger partial charge in [0.25, 0.3) is 0 Å². The highest BCUT2D eigenvalue weighted by molar-refractivity contribution is 5.39. The summed E-state index contributed by atoms with van der Waals surface area (Å²) >= 11 is 0. The Morgan fingerprint density at radius 1 is 1.10 bits per heavy atom. The molecule has 5 heteroatoms. The first kappa shape index (κ1) is 14.1. The van der Waals surface area contributed by atoms with Gasteiger partial charge >= 0.3 is 0 Å². The molecule has 0 aliphatic heterocycles. The number of nitrogens with zero attached hydrogens (tertiary/aromatic N) is 1. The van der Waals surface area contributed by atoms with E-state index in [-0.39, 0.29) is 5.75 Å². The molecule has 106 valence electrons. The first-order chi connectivity index (χ1) is 9.72. The Kier molecular flexibility index (Phi) is 4.79. The summed E-state index contributed by atoms with van der Waals surface area (Å²) in [6, 6.07) is 9.07. The molecule has 1 heterocycles. The smallest absolute Gasteiger partial charge is 0.213 e. The van der Waals surface area contributed by atoms with Crippen molar-refractivity contribution in [3.63, 3.8) is 0 Å². The molecule has 0 spiro atoms. The van der Waals surface area contributed by atoms with Crippen LogP contribution in [0.15, 0.2) is 36.5 Å². The quantitative estimate of drug-likeness (QED) is 0.844. The molecule has 0 unspecified atom stereocenters. The summed E-state index contributed by atoms with van der Waals surface area (Å²) in [6.45, 7) is 1.24. The Balaban J connectivity index is 1.92. The fourth-order valence-corrected chi connectivity index (χ4v) is 1.83. The van der Waals surface area contributed by atoms with Gasteiger partial charge in [-0.1, -0.05) is 6.07 Å². The Bertz CT molecular complexity index is 573. The molecular formula is C15H18N2O3. The van der Waals surface area contributed by atoms with Gasteiger partial charge in [-0.05, 0) is 17.7 Å². The number of phenols is 1. The molecule has 0 amide bonds. The predicted molar refractivity (Wildman–Crippen MR) is 76.0 cm³/mol. The van der Waals surface area contributed by atoms with Crippen molar-refractivity contribution in [3.05, 3.63) is 47.7 Å². The summed E-state index contributed by atoms with van der Waals surface area (Å²) in [5.41, 5.74) is 1.90. The number of pyridine rings is 1. The highest BCUT2D eigenvalue weighted by atomic mass is 16.5. The lowest BCUT2D eigenvalue weighted by atomic mass is 10.2. The maximum Gasteiger partial charge on any atom is 0.213 e. The maximum absolute atomic E-state index is 9.85. The molecule has 0 fully saturated rings. The lowest BCUT2D eigenvalue weighted by Crippen LogP contribution is -2.13. The van der Waals surface area contributed by atoms with E-state index in [1.54, 1.807) is 26.5 Å². The van der Waals surface area contributed by atoms with E-state index in [1.165, 1.54) is 0 Å². The standard InChI is InChI=1S/C15H18N2O3/c1-19-13-4-3-12(14(18)8-13)10-16-9-11-5-6-17-15(7-11)20-2/h3-8,16,18H,9-10H2,1-2H3. The van der Waals surface area contributed by atoms with Gasteiger partial charge in [-0.15, -0.1) is 0 Å². The van der Waals surface area contributed by atoms with E-state index in [4.69, 9.17) is 9.47 Å². The number of ether oxygens (including phenoxy) is 2. The third-order valence-corrected chi connectivity index (χ3v) is 2.95. The van der Waals surface area contributed by atoms with Crippen molar-refractivity contribution in [2.45, 2.75) is 13.1 Å².